The predicted molar refractivity (Wildman–Crippen MR) is 74.4 cm³/mol. The fraction of sp³-hybridized carbons (Fsp3) is 0.533. The molecule has 0 bridgehead atoms. The van der Waals surface area contributed by atoms with Gasteiger partial charge in [-0.1, -0.05) is 30.3 Å². The summed E-state index contributed by atoms with van der Waals surface area (Å²) in [5, 5.41) is 0. The van der Waals surface area contributed by atoms with E-state index in [1.165, 1.54) is 5.56 Å². The lowest BCUT2D eigenvalue weighted by molar-refractivity contribution is -0.129. The number of hydrogen-bond donors (Lipinski definition) is 1. The van der Waals surface area contributed by atoms with Crippen molar-refractivity contribution in [1.82, 2.24) is 9.80 Å². The number of nitrogens with zero attached hydrogens (tertiary/aromatic N) is 2. The van der Waals surface area contributed by atoms with Gasteiger partial charge >= 0.3 is 0 Å². The normalized spacial score (nSPS) is 28.3. The highest BCUT2D eigenvalue weighted by Crippen LogP contribution is 2.22. The van der Waals surface area contributed by atoms with Crippen LogP contribution in [-0.2, 0) is 11.3 Å². The first-order valence-corrected chi connectivity index (χ1v) is 7.03. The lowest BCUT2D eigenvalue weighted by Gasteiger charge is -2.24. The summed E-state index contributed by atoms with van der Waals surface area (Å²) in [5.74, 6) is 0.235. The molecule has 4 heteroatoms. The summed E-state index contributed by atoms with van der Waals surface area (Å²) in [4.78, 5) is 16.3. The molecule has 1 aromatic rings. The van der Waals surface area contributed by atoms with Gasteiger partial charge in [-0.15, -0.1) is 0 Å². The zero-order valence-corrected chi connectivity index (χ0v) is 11.2. The molecule has 2 aliphatic heterocycles. The summed E-state index contributed by atoms with van der Waals surface area (Å²) in [7, 11) is 0. The molecule has 1 aromatic carbocycles. The van der Waals surface area contributed by atoms with Crippen LogP contribution in [0.4, 0.5) is 0 Å². The molecule has 2 atom stereocenters. The van der Waals surface area contributed by atoms with Gasteiger partial charge in [-0.3, -0.25) is 9.69 Å². The minimum absolute atomic E-state index is 0.0377. The van der Waals surface area contributed by atoms with E-state index < -0.39 is 0 Å². The second-order valence-electron chi connectivity index (χ2n) is 5.67. The molecule has 2 saturated heterocycles. The van der Waals surface area contributed by atoms with Gasteiger partial charge in [0, 0.05) is 44.7 Å². The molecule has 19 heavy (non-hydrogen) atoms. The Labute approximate surface area is 114 Å². The smallest absolute Gasteiger partial charge is 0.224 e. The molecule has 2 unspecified atom stereocenters. The quantitative estimate of drug-likeness (QED) is 0.874. The molecule has 3 rings (SSSR count). The lowest BCUT2D eigenvalue weighted by atomic mass is 10.2. The van der Waals surface area contributed by atoms with E-state index in [1.54, 1.807) is 0 Å². The molecule has 0 aliphatic carbocycles. The van der Waals surface area contributed by atoms with E-state index in [0.29, 0.717) is 12.5 Å². The number of benzene rings is 1. The van der Waals surface area contributed by atoms with E-state index in [2.05, 4.69) is 29.2 Å². The van der Waals surface area contributed by atoms with Crippen LogP contribution in [0.2, 0.25) is 0 Å². The second kappa shape index (κ2) is 5.31. The van der Waals surface area contributed by atoms with Crippen molar-refractivity contribution in [3.05, 3.63) is 35.9 Å². The molecule has 2 aliphatic rings. The summed E-state index contributed by atoms with van der Waals surface area (Å²) < 4.78 is 0. The Morgan fingerprint density at radius 3 is 2.68 bits per heavy atom. The van der Waals surface area contributed by atoms with E-state index >= 15 is 0 Å². The summed E-state index contributed by atoms with van der Waals surface area (Å²) in [6.07, 6.45) is 1.60. The van der Waals surface area contributed by atoms with Crippen LogP contribution in [0.25, 0.3) is 0 Å². The largest absolute Gasteiger partial charge is 0.337 e. The lowest BCUT2D eigenvalue weighted by Crippen LogP contribution is -2.39. The van der Waals surface area contributed by atoms with E-state index in [9.17, 15) is 4.79 Å². The Morgan fingerprint density at radius 2 is 2.00 bits per heavy atom. The third-order valence-electron chi connectivity index (χ3n) is 4.13. The van der Waals surface area contributed by atoms with Crippen molar-refractivity contribution in [2.24, 2.45) is 5.73 Å². The number of carbonyl (C=O) groups excluding carboxylic acids is 1. The van der Waals surface area contributed by atoms with Gasteiger partial charge < -0.3 is 10.6 Å². The van der Waals surface area contributed by atoms with Crippen LogP contribution >= 0.6 is 0 Å². The highest BCUT2D eigenvalue weighted by atomic mass is 16.2. The van der Waals surface area contributed by atoms with E-state index in [1.807, 2.05) is 11.0 Å². The van der Waals surface area contributed by atoms with Gasteiger partial charge in [0.25, 0.3) is 0 Å². The van der Waals surface area contributed by atoms with Crippen LogP contribution in [0, 0.1) is 0 Å². The van der Waals surface area contributed by atoms with Crippen LogP contribution in [0.1, 0.15) is 18.4 Å². The first-order valence-electron chi connectivity index (χ1n) is 7.03. The van der Waals surface area contributed by atoms with Gasteiger partial charge in [-0.2, -0.15) is 0 Å². The zero-order valence-electron chi connectivity index (χ0n) is 11.2. The number of hydrogen-bond acceptors (Lipinski definition) is 3. The van der Waals surface area contributed by atoms with Crippen molar-refractivity contribution in [3.8, 4) is 0 Å². The molecular formula is C15H21N3O. The molecule has 0 saturated carbocycles. The Morgan fingerprint density at radius 1 is 1.21 bits per heavy atom. The van der Waals surface area contributed by atoms with Crippen LogP contribution in [0.3, 0.4) is 0 Å². The van der Waals surface area contributed by atoms with Crippen LogP contribution in [0.5, 0.6) is 0 Å². The van der Waals surface area contributed by atoms with Gasteiger partial charge in [0.05, 0.1) is 0 Å². The summed E-state index contributed by atoms with van der Waals surface area (Å²) in [6, 6.07) is 10.9. The third kappa shape index (κ3) is 2.80. The average Bonchev–Trinajstić information content (AvgIpc) is 2.97. The first kappa shape index (κ1) is 12.6. The van der Waals surface area contributed by atoms with Gasteiger partial charge in [-0.25, -0.2) is 0 Å². The van der Waals surface area contributed by atoms with E-state index in [4.69, 9.17) is 5.73 Å². The minimum Gasteiger partial charge on any atom is -0.337 e. The predicted octanol–water partition coefficient (Wildman–Crippen LogP) is 0.821. The molecule has 4 nitrogen and oxygen atoms in total. The molecule has 1 amide bonds. The second-order valence-corrected chi connectivity index (χ2v) is 5.67. The fourth-order valence-electron chi connectivity index (χ4n) is 3.17. The molecule has 0 spiro atoms. The van der Waals surface area contributed by atoms with Crippen LogP contribution in [0.15, 0.2) is 30.3 Å². The Balaban J connectivity index is 1.57. The maximum atomic E-state index is 11.9. The number of carbonyl (C=O) groups is 1. The van der Waals surface area contributed by atoms with Gasteiger partial charge in [0.2, 0.25) is 5.91 Å². The SMILES string of the molecule is NC1CC(=O)N(C2CCN(Cc3ccccc3)C2)C1. The molecule has 0 aromatic heterocycles. The Bertz CT molecular complexity index is 448. The highest BCUT2D eigenvalue weighted by molar-refractivity contribution is 5.79. The van der Waals surface area contributed by atoms with Crippen LogP contribution in [-0.4, -0.2) is 47.4 Å². The topological polar surface area (TPSA) is 49.6 Å². The zero-order chi connectivity index (χ0) is 13.2. The summed E-state index contributed by atoms with van der Waals surface area (Å²) in [6.45, 7) is 3.76. The third-order valence-corrected chi connectivity index (χ3v) is 4.13. The van der Waals surface area contributed by atoms with Gasteiger partial charge in [-0.05, 0) is 12.0 Å². The van der Waals surface area contributed by atoms with Crippen molar-refractivity contribution < 1.29 is 4.79 Å². The van der Waals surface area contributed by atoms with Gasteiger partial charge in [0.15, 0.2) is 0 Å². The van der Waals surface area contributed by atoms with Crippen molar-refractivity contribution in [1.29, 1.82) is 0 Å². The van der Waals surface area contributed by atoms with Gasteiger partial charge in [0.1, 0.15) is 0 Å². The Hall–Kier alpha value is -1.39. The highest BCUT2D eigenvalue weighted by Gasteiger charge is 2.35. The molecular weight excluding hydrogens is 238 g/mol. The van der Waals surface area contributed by atoms with Crippen molar-refractivity contribution >= 4 is 5.91 Å². The van der Waals surface area contributed by atoms with Crippen molar-refractivity contribution in [2.45, 2.75) is 31.5 Å². The number of rotatable bonds is 3. The van der Waals surface area contributed by atoms with Crippen molar-refractivity contribution in [3.63, 3.8) is 0 Å². The maximum Gasteiger partial charge on any atom is 0.224 e. The molecule has 2 N–H and O–H groups in total. The maximum absolute atomic E-state index is 11.9. The monoisotopic (exact) mass is 259 g/mol. The molecule has 0 radical (unpaired) electrons. The fourth-order valence-corrected chi connectivity index (χ4v) is 3.17. The first-order chi connectivity index (χ1) is 9.22. The van der Waals surface area contributed by atoms with Crippen LogP contribution < -0.4 is 5.73 Å². The van der Waals surface area contributed by atoms with E-state index in [0.717, 1.165) is 32.6 Å². The number of nitrogens with two attached hydrogens (primary N) is 1. The summed E-state index contributed by atoms with van der Waals surface area (Å²) >= 11 is 0. The number of amides is 1. The summed E-state index contributed by atoms with van der Waals surface area (Å²) in [5.41, 5.74) is 7.21. The minimum atomic E-state index is 0.0377. The molecule has 102 valence electrons. The standard InChI is InChI=1S/C15H21N3O/c16-13-8-15(19)18(10-13)14-6-7-17(11-14)9-12-4-2-1-3-5-12/h1-5,13-14H,6-11,16H2. The Kier molecular flexibility index (Phi) is 3.53. The molecule has 2 heterocycles. The average molecular weight is 259 g/mol. The van der Waals surface area contributed by atoms with E-state index in [-0.39, 0.29) is 11.9 Å². The van der Waals surface area contributed by atoms with Crippen molar-refractivity contribution in [2.75, 3.05) is 19.6 Å². The number of likely N-dealkylation sites (tertiary alicyclic amines) is 2. The molecule has 2 fully saturated rings.